The van der Waals surface area contributed by atoms with Crippen molar-refractivity contribution in [2.45, 2.75) is 32.4 Å². The van der Waals surface area contributed by atoms with Crippen molar-refractivity contribution >= 4 is 39.1 Å². The maximum atomic E-state index is 13.1. The second kappa shape index (κ2) is 11.9. The van der Waals surface area contributed by atoms with Crippen molar-refractivity contribution in [3.63, 3.8) is 0 Å². The summed E-state index contributed by atoms with van der Waals surface area (Å²) in [5, 5.41) is 3.07. The molecule has 2 rings (SSSR count). The molecule has 8 nitrogen and oxygen atoms in total. The number of likely N-dealkylation sites (N-methyl/N-ethyl adjacent to an activating group) is 1. The van der Waals surface area contributed by atoms with Gasteiger partial charge >= 0.3 is 0 Å². The number of anilines is 1. The van der Waals surface area contributed by atoms with E-state index in [1.807, 2.05) is 18.2 Å². The lowest BCUT2D eigenvalue weighted by Crippen LogP contribution is -2.46. The van der Waals surface area contributed by atoms with Crippen molar-refractivity contribution in [2.75, 3.05) is 31.3 Å². The summed E-state index contributed by atoms with van der Waals surface area (Å²) in [7, 11) is -0.476. The van der Waals surface area contributed by atoms with E-state index < -0.39 is 16.1 Å². The minimum Gasteiger partial charge on any atom is -0.497 e. The summed E-state index contributed by atoms with van der Waals surface area (Å²) in [5.41, 5.74) is 1.29. The Morgan fingerprint density at radius 3 is 2.39 bits per heavy atom. The highest BCUT2D eigenvalue weighted by atomic mass is 35.5. The zero-order chi connectivity index (χ0) is 24.6. The van der Waals surface area contributed by atoms with Crippen LogP contribution in [0.4, 0.5) is 5.69 Å². The molecular weight excluding hydrogens is 466 g/mol. The average molecular weight is 496 g/mol. The molecule has 0 heterocycles. The second-order valence-corrected chi connectivity index (χ2v) is 9.92. The highest BCUT2D eigenvalue weighted by molar-refractivity contribution is 7.92. The van der Waals surface area contributed by atoms with E-state index in [4.69, 9.17) is 16.3 Å². The molecule has 0 fully saturated rings. The van der Waals surface area contributed by atoms with Crippen molar-refractivity contribution in [3.05, 3.63) is 59.1 Å². The number of hydrogen-bond acceptors (Lipinski definition) is 5. The maximum absolute atomic E-state index is 13.1. The summed E-state index contributed by atoms with van der Waals surface area (Å²) in [5.74, 6) is 0.114. The third kappa shape index (κ3) is 7.64. The van der Waals surface area contributed by atoms with Gasteiger partial charge in [-0.2, -0.15) is 0 Å². The minimum atomic E-state index is -3.55. The Balaban J connectivity index is 2.15. The van der Waals surface area contributed by atoms with Gasteiger partial charge in [-0.1, -0.05) is 23.7 Å². The van der Waals surface area contributed by atoms with Crippen LogP contribution in [0.5, 0.6) is 5.75 Å². The van der Waals surface area contributed by atoms with Gasteiger partial charge in [0.25, 0.3) is 0 Å². The van der Waals surface area contributed by atoms with Crippen LogP contribution >= 0.6 is 11.6 Å². The van der Waals surface area contributed by atoms with Crippen LogP contribution < -0.4 is 14.4 Å². The molecule has 0 unspecified atom stereocenters. The Kier molecular flexibility index (Phi) is 9.55. The summed E-state index contributed by atoms with van der Waals surface area (Å²) in [4.78, 5) is 26.9. The van der Waals surface area contributed by atoms with Crippen LogP contribution in [0.3, 0.4) is 0 Å². The highest BCUT2D eigenvalue weighted by Crippen LogP contribution is 2.22. The number of carbonyl (C=O) groups is 2. The zero-order valence-electron chi connectivity index (χ0n) is 19.2. The molecule has 1 N–H and O–H groups in total. The summed E-state index contributed by atoms with van der Waals surface area (Å²) >= 11 is 5.91. The van der Waals surface area contributed by atoms with E-state index in [0.717, 1.165) is 11.8 Å². The summed E-state index contributed by atoms with van der Waals surface area (Å²) in [6, 6.07) is 13.0. The maximum Gasteiger partial charge on any atom is 0.242 e. The largest absolute Gasteiger partial charge is 0.497 e. The minimum absolute atomic E-state index is 0.0743. The first-order valence-corrected chi connectivity index (χ1v) is 12.7. The van der Waals surface area contributed by atoms with Gasteiger partial charge in [0.1, 0.15) is 11.8 Å². The Morgan fingerprint density at radius 1 is 1.15 bits per heavy atom. The van der Waals surface area contributed by atoms with Crippen molar-refractivity contribution in [1.82, 2.24) is 10.2 Å². The molecule has 0 saturated carbocycles. The number of sulfonamides is 1. The fraction of sp³-hybridized carbons (Fsp3) is 0.391. The van der Waals surface area contributed by atoms with Gasteiger partial charge in [-0.05, 0) is 55.3 Å². The monoisotopic (exact) mass is 495 g/mol. The van der Waals surface area contributed by atoms with Crippen molar-refractivity contribution in [2.24, 2.45) is 0 Å². The van der Waals surface area contributed by atoms with Gasteiger partial charge in [0, 0.05) is 31.6 Å². The molecule has 33 heavy (non-hydrogen) atoms. The van der Waals surface area contributed by atoms with Gasteiger partial charge in [-0.25, -0.2) is 8.42 Å². The van der Waals surface area contributed by atoms with E-state index in [1.165, 1.54) is 16.3 Å². The molecule has 0 aromatic heterocycles. The van der Waals surface area contributed by atoms with E-state index in [9.17, 15) is 18.0 Å². The quantitative estimate of drug-likeness (QED) is 0.517. The molecule has 2 aromatic rings. The molecule has 0 aliphatic carbocycles. The van der Waals surface area contributed by atoms with Crippen molar-refractivity contribution < 1.29 is 22.7 Å². The van der Waals surface area contributed by atoms with Gasteiger partial charge in [-0.15, -0.1) is 0 Å². The number of rotatable bonds is 11. The Labute approximate surface area is 200 Å². The van der Waals surface area contributed by atoms with Crippen LogP contribution in [0.2, 0.25) is 5.02 Å². The lowest BCUT2D eigenvalue weighted by Gasteiger charge is -2.29. The predicted molar refractivity (Wildman–Crippen MR) is 130 cm³/mol. The number of ether oxygens (including phenoxy) is 1. The lowest BCUT2D eigenvalue weighted by atomic mass is 10.1. The number of nitrogens with one attached hydrogen (secondary N) is 1. The SMILES string of the molecule is CNC(=O)[C@@H](C)N(Cc1cccc(OC)c1)C(=O)CCCN(c1ccc(Cl)cc1)S(C)(=O)=O. The number of amides is 2. The molecule has 0 radical (unpaired) electrons. The summed E-state index contributed by atoms with van der Waals surface area (Å²) < 4.78 is 31.1. The van der Waals surface area contributed by atoms with Crippen LogP contribution in [0, 0.1) is 0 Å². The summed E-state index contributed by atoms with van der Waals surface area (Å²) in [6.07, 6.45) is 1.47. The molecule has 10 heteroatoms. The molecular formula is C23H30ClN3O5S. The average Bonchev–Trinajstić information content (AvgIpc) is 2.79. The number of halogens is 1. The van der Waals surface area contributed by atoms with Crippen LogP contribution in [-0.2, 0) is 26.2 Å². The smallest absolute Gasteiger partial charge is 0.242 e. The predicted octanol–water partition coefficient (Wildman–Crippen LogP) is 3.06. The fourth-order valence-electron chi connectivity index (χ4n) is 3.37. The standard InChI is InChI=1S/C23H30ClN3O5S/c1-17(23(29)25-2)26(16-18-7-5-8-21(15-18)32-3)22(28)9-6-14-27(33(4,30)31)20-12-10-19(24)11-13-20/h5,7-8,10-13,15,17H,6,9,14,16H2,1-4H3,(H,25,29)/t17-/m1/s1. The van der Waals surface area contributed by atoms with E-state index in [1.54, 1.807) is 44.4 Å². The number of carbonyl (C=O) groups excluding carboxylic acids is 2. The zero-order valence-corrected chi connectivity index (χ0v) is 20.8. The lowest BCUT2D eigenvalue weighted by molar-refractivity contribution is -0.140. The van der Waals surface area contributed by atoms with E-state index in [0.29, 0.717) is 16.5 Å². The number of methoxy groups -OCH3 is 1. The third-order valence-corrected chi connectivity index (χ3v) is 6.61. The molecule has 0 bridgehead atoms. The molecule has 2 amide bonds. The number of nitrogens with zero attached hydrogens (tertiary/aromatic N) is 2. The number of hydrogen-bond donors (Lipinski definition) is 1. The Bertz CT molecular complexity index is 1060. The Morgan fingerprint density at radius 2 is 1.82 bits per heavy atom. The molecule has 0 saturated heterocycles. The third-order valence-electron chi connectivity index (χ3n) is 5.17. The molecule has 0 aliphatic heterocycles. The van der Waals surface area contributed by atoms with Gasteiger partial charge in [0.15, 0.2) is 0 Å². The van der Waals surface area contributed by atoms with Gasteiger partial charge in [-0.3, -0.25) is 13.9 Å². The Hall–Kier alpha value is -2.78. The topological polar surface area (TPSA) is 96.0 Å². The molecule has 0 aliphatic rings. The van der Waals surface area contributed by atoms with Crippen LogP contribution in [0.25, 0.3) is 0 Å². The highest BCUT2D eigenvalue weighted by Gasteiger charge is 2.26. The van der Waals surface area contributed by atoms with Crippen LogP contribution in [0.1, 0.15) is 25.3 Å². The summed E-state index contributed by atoms with van der Waals surface area (Å²) in [6.45, 7) is 2.00. The van der Waals surface area contributed by atoms with Crippen LogP contribution in [-0.4, -0.2) is 58.1 Å². The first-order valence-electron chi connectivity index (χ1n) is 10.4. The molecule has 0 spiro atoms. The van der Waals surface area contributed by atoms with E-state index >= 15 is 0 Å². The molecule has 180 valence electrons. The first kappa shape index (κ1) is 26.5. The number of benzene rings is 2. The van der Waals surface area contributed by atoms with E-state index in [-0.39, 0.29) is 37.7 Å². The fourth-order valence-corrected chi connectivity index (χ4v) is 4.46. The molecule has 1 atom stereocenters. The van der Waals surface area contributed by atoms with E-state index in [2.05, 4.69) is 5.32 Å². The van der Waals surface area contributed by atoms with Gasteiger partial charge in [0.05, 0.1) is 19.1 Å². The van der Waals surface area contributed by atoms with Gasteiger partial charge in [0.2, 0.25) is 21.8 Å². The second-order valence-electron chi connectivity index (χ2n) is 7.58. The van der Waals surface area contributed by atoms with Gasteiger partial charge < -0.3 is 15.0 Å². The molecule has 2 aromatic carbocycles. The van der Waals surface area contributed by atoms with Crippen molar-refractivity contribution in [1.29, 1.82) is 0 Å². The first-order chi connectivity index (χ1) is 15.6. The van der Waals surface area contributed by atoms with Crippen molar-refractivity contribution in [3.8, 4) is 5.75 Å². The normalized spacial score (nSPS) is 12.0. The van der Waals surface area contributed by atoms with Crippen LogP contribution in [0.15, 0.2) is 48.5 Å².